The highest BCUT2D eigenvalue weighted by Crippen LogP contribution is 2.32. The first-order valence-corrected chi connectivity index (χ1v) is 10.9. The van der Waals surface area contributed by atoms with E-state index in [1.807, 2.05) is 0 Å². The summed E-state index contributed by atoms with van der Waals surface area (Å²) in [5.74, 6) is -2.93. The average Bonchev–Trinajstić information content (AvgIpc) is 3.30. The monoisotopic (exact) mass is 502 g/mol. The fourth-order valence-electron chi connectivity index (χ4n) is 3.66. The van der Waals surface area contributed by atoms with Gasteiger partial charge in [0.2, 0.25) is 5.82 Å². The molecule has 188 valence electrons. The van der Waals surface area contributed by atoms with Crippen molar-refractivity contribution >= 4 is 23.1 Å². The Labute approximate surface area is 203 Å². The summed E-state index contributed by atoms with van der Waals surface area (Å²) in [7, 11) is 1.23. The molecule has 0 atom stereocenters. The SMILES string of the molecule is COc1ccc(-c2cnc3c(Nc4ccc(C(=O)NCCCN)c(C(F)F)c4)nccn23)c(F)c1F. The van der Waals surface area contributed by atoms with Crippen molar-refractivity contribution in [1.82, 2.24) is 19.7 Å². The Morgan fingerprint density at radius 1 is 1.17 bits per heavy atom. The number of hydrogen-bond donors (Lipinski definition) is 3. The molecule has 0 spiro atoms. The van der Waals surface area contributed by atoms with Gasteiger partial charge in [0.15, 0.2) is 23.0 Å². The number of ether oxygens (including phenoxy) is 1. The molecular weight excluding hydrogens is 480 g/mol. The maximum atomic E-state index is 14.7. The van der Waals surface area contributed by atoms with Gasteiger partial charge in [0, 0.05) is 41.3 Å². The van der Waals surface area contributed by atoms with Gasteiger partial charge >= 0.3 is 0 Å². The van der Waals surface area contributed by atoms with E-state index in [-0.39, 0.29) is 46.3 Å². The van der Waals surface area contributed by atoms with Gasteiger partial charge in [0.25, 0.3) is 12.3 Å². The van der Waals surface area contributed by atoms with Crippen LogP contribution in [0.3, 0.4) is 0 Å². The van der Waals surface area contributed by atoms with E-state index in [0.29, 0.717) is 13.0 Å². The zero-order valence-corrected chi connectivity index (χ0v) is 19.1. The molecular formula is C24H22F4N6O2. The standard InChI is InChI=1S/C24H22F4N6O2/c1-36-18-6-5-15(19(25)20(18)26)17-12-32-23-22(30-9-10-34(17)23)33-13-3-4-14(16(11-13)21(27)28)24(35)31-8-2-7-29/h3-6,9-12,21H,2,7-8,29H2,1H3,(H,30,33)(H,31,35). The van der Waals surface area contributed by atoms with Crippen LogP contribution in [-0.2, 0) is 0 Å². The van der Waals surface area contributed by atoms with Crippen LogP contribution in [-0.4, -0.2) is 40.5 Å². The summed E-state index contributed by atoms with van der Waals surface area (Å²) in [6, 6.07) is 6.55. The summed E-state index contributed by atoms with van der Waals surface area (Å²) in [6.45, 7) is 0.629. The van der Waals surface area contributed by atoms with Gasteiger partial charge in [-0.25, -0.2) is 23.1 Å². The molecule has 0 saturated heterocycles. The molecule has 0 aliphatic heterocycles. The number of rotatable bonds is 9. The Bertz CT molecular complexity index is 1410. The molecule has 0 aliphatic rings. The average molecular weight is 502 g/mol. The molecule has 0 radical (unpaired) electrons. The molecule has 4 N–H and O–H groups in total. The third-order valence-corrected chi connectivity index (χ3v) is 5.43. The predicted octanol–water partition coefficient (Wildman–Crippen LogP) is 4.44. The van der Waals surface area contributed by atoms with Crippen molar-refractivity contribution in [1.29, 1.82) is 0 Å². The smallest absolute Gasteiger partial charge is 0.264 e. The molecule has 2 heterocycles. The van der Waals surface area contributed by atoms with Crippen molar-refractivity contribution in [3.63, 3.8) is 0 Å². The number of halogens is 4. The maximum Gasteiger partial charge on any atom is 0.264 e. The fraction of sp³-hybridized carbons (Fsp3) is 0.208. The first-order valence-electron chi connectivity index (χ1n) is 10.9. The van der Waals surface area contributed by atoms with E-state index >= 15 is 0 Å². The normalized spacial score (nSPS) is 11.2. The van der Waals surface area contributed by atoms with Gasteiger partial charge in [-0.15, -0.1) is 0 Å². The number of benzene rings is 2. The second-order valence-electron chi connectivity index (χ2n) is 7.68. The van der Waals surface area contributed by atoms with Gasteiger partial charge in [-0.1, -0.05) is 0 Å². The molecule has 0 aliphatic carbocycles. The number of fused-ring (bicyclic) bond motifs is 1. The second-order valence-corrected chi connectivity index (χ2v) is 7.68. The number of nitrogens with two attached hydrogens (primary N) is 1. The lowest BCUT2D eigenvalue weighted by Gasteiger charge is -2.13. The molecule has 36 heavy (non-hydrogen) atoms. The highest BCUT2D eigenvalue weighted by atomic mass is 19.3. The Morgan fingerprint density at radius 2 is 1.97 bits per heavy atom. The summed E-state index contributed by atoms with van der Waals surface area (Å²) in [5.41, 5.74) is 5.44. The van der Waals surface area contributed by atoms with Crippen LogP contribution in [0.4, 0.5) is 29.1 Å². The molecule has 8 nitrogen and oxygen atoms in total. The number of nitrogens with one attached hydrogen (secondary N) is 2. The number of anilines is 2. The fourth-order valence-corrected chi connectivity index (χ4v) is 3.66. The first-order chi connectivity index (χ1) is 17.3. The zero-order valence-electron chi connectivity index (χ0n) is 19.1. The summed E-state index contributed by atoms with van der Waals surface area (Å²) in [5, 5.41) is 5.46. The minimum absolute atomic E-state index is 0.0528. The van der Waals surface area contributed by atoms with Crippen LogP contribution in [0.25, 0.3) is 16.9 Å². The van der Waals surface area contributed by atoms with E-state index in [4.69, 9.17) is 10.5 Å². The van der Waals surface area contributed by atoms with E-state index in [9.17, 15) is 22.4 Å². The van der Waals surface area contributed by atoms with E-state index in [1.54, 1.807) is 0 Å². The molecule has 2 aromatic heterocycles. The van der Waals surface area contributed by atoms with Crippen LogP contribution in [0.15, 0.2) is 48.9 Å². The van der Waals surface area contributed by atoms with E-state index in [2.05, 4.69) is 20.6 Å². The zero-order chi connectivity index (χ0) is 25.8. The Hall–Kier alpha value is -4.19. The van der Waals surface area contributed by atoms with Crippen LogP contribution in [0, 0.1) is 11.6 Å². The van der Waals surface area contributed by atoms with Crippen LogP contribution >= 0.6 is 0 Å². The Kier molecular flexibility index (Phi) is 7.34. The molecule has 2 aromatic carbocycles. The number of nitrogens with zero attached hydrogens (tertiary/aromatic N) is 3. The molecule has 4 aromatic rings. The maximum absolute atomic E-state index is 14.7. The first kappa shape index (κ1) is 24.9. The minimum atomic E-state index is -2.91. The van der Waals surface area contributed by atoms with E-state index < -0.39 is 29.5 Å². The van der Waals surface area contributed by atoms with Gasteiger partial charge in [-0.3, -0.25) is 9.20 Å². The largest absolute Gasteiger partial charge is 0.494 e. The highest BCUT2D eigenvalue weighted by Gasteiger charge is 2.21. The number of amides is 1. The van der Waals surface area contributed by atoms with Gasteiger partial charge in [-0.2, -0.15) is 4.39 Å². The lowest BCUT2D eigenvalue weighted by atomic mass is 10.1. The third-order valence-electron chi connectivity index (χ3n) is 5.43. The number of carbonyl (C=O) groups is 1. The molecule has 0 unspecified atom stereocenters. The number of hydrogen-bond acceptors (Lipinski definition) is 6. The van der Waals surface area contributed by atoms with Crippen molar-refractivity contribution in [3.05, 3.63) is 71.7 Å². The topological polar surface area (TPSA) is 107 Å². The van der Waals surface area contributed by atoms with E-state index in [1.165, 1.54) is 54.4 Å². The minimum Gasteiger partial charge on any atom is -0.494 e. The predicted molar refractivity (Wildman–Crippen MR) is 126 cm³/mol. The van der Waals surface area contributed by atoms with Crippen LogP contribution in [0.5, 0.6) is 5.75 Å². The van der Waals surface area contributed by atoms with Crippen molar-refractivity contribution in [3.8, 4) is 17.0 Å². The Morgan fingerprint density at radius 3 is 2.69 bits per heavy atom. The van der Waals surface area contributed by atoms with E-state index in [0.717, 1.165) is 6.07 Å². The number of aromatic nitrogens is 3. The number of imidazole rings is 1. The Balaban J connectivity index is 1.67. The second kappa shape index (κ2) is 10.6. The molecule has 0 fully saturated rings. The number of methoxy groups -OCH3 is 1. The quantitative estimate of drug-likeness (QED) is 0.231. The third kappa shape index (κ3) is 4.80. The van der Waals surface area contributed by atoms with Gasteiger partial charge in [0.1, 0.15) is 0 Å². The summed E-state index contributed by atoms with van der Waals surface area (Å²) in [4.78, 5) is 20.8. The van der Waals surface area contributed by atoms with Crippen LogP contribution in [0.1, 0.15) is 28.8 Å². The van der Waals surface area contributed by atoms with Crippen molar-refractivity contribution in [2.75, 3.05) is 25.5 Å². The number of alkyl halides is 2. The molecule has 4 rings (SSSR count). The lowest BCUT2D eigenvalue weighted by Crippen LogP contribution is -2.27. The molecule has 0 bridgehead atoms. The summed E-state index contributed by atoms with van der Waals surface area (Å²) < 4.78 is 62.7. The van der Waals surface area contributed by atoms with Crippen molar-refractivity contribution in [2.45, 2.75) is 12.8 Å². The van der Waals surface area contributed by atoms with Gasteiger partial charge in [-0.05, 0) is 43.3 Å². The summed E-state index contributed by atoms with van der Waals surface area (Å²) in [6.07, 6.45) is 1.85. The molecule has 0 saturated carbocycles. The van der Waals surface area contributed by atoms with Crippen molar-refractivity contribution in [2.24, 2.45) is 5.73 Å². The lowest BCUT2D eigenvalue weighted by molar-refractivity contribution is 0.0940. The number of carbonyl (C=O) groups excluding carboxylic acids is 1. The van der Waals surface area contributed by atoms with Gasteiger partial charge in [0.05, 0.1) is 19.0 Å². The van der Waals surface area contributed by atoms with Gasteiger partial charge < -0.3 is 21.1 Å². The van der Waals surface area contributed by atoms with Crippen LogP contribution in [0.2, 0.25) is 0 Å². The van der Waals surface area contributed by atoms with Crippen LogP contribution < -0.4 is 21.1 Å². The molecule has 1 amide bonds. The van der Waals surface area contributed by atoms with Crippen molar-refractivity contribution < 1.29 is 27.1 Å². The molecule has 12 heteroatoms. The highest BCUT2D eigenvalue weighted by molar-refractivity contribution is 5.96. The summed E-state index contributed by atoms with van der Waals surface area (Å²) >= 11 is 0.